The van der Waals surface area contributed by atoms with Crippen LogP contribution in [0.15, 0.2) is 42.9 Å². The largest absolute Gasteiger partial charge is 0.374 e. The van der Waals surface area contributed by atoms with Crippen LogP contribution in [0.5, 0.6) is 0 Å². The smallest absolute Gasteiger partial charge is 0.229 e. The van der Waals surface area contributed by atoms with Gasteiger partial charge < -0.3 is 10.1 Å². The number of benzene rings is 1. The molecule has 1 N–H and O–H groups in total. The normalized spacial score (nSPS) is 11.9. The van der Waals surface area contributed by atoms with Gasteiger partial charge in [0.15, 0.2) is 11.2 Å². The minimum atomic E-state index is -0.356. The minimum absolute atomic E-state index is 0.356. The molecule has 0 aliphatic heterocycles. The molecule has 0 amide bonds. The molecule has 4 rings (SSSR count). The van der Waals surface area contributed by atoms with E-state index in [-0.39, 0.29) is 5.60 Å². The fourth-order valence-electron chi connectivity index (χ4n) is 2.81. The number of nitrogens with zero attached hydrogens (tertiary/aromatic N) is 7. The zero-order valence-corrected chi connectivity index (χ0v) is 16.3. The first kappa shape index (κ1) is 18.1. The van der Waals surface area contributed by atoms with Crippen molar-refractivity contribution in [3.63, 3.8) is 0 Å². The molecular weight excluding hydrogens is 356 g/mol. The maximum atomic E-state index is 5.54. The van der Waals surface area contributed by atoms with Gasteiger partial charge in [-0.1, -0.05) is 17.3 Å². The molecule has 0 saturated heterocycles. The maximum absolute atomic E-state index is 5.54. The topological polar surface area (TPSA) is 95.6 Å². The molecule has 9 heteroatoms. The van der Waals surface area contributed by atoms with Crippen molar-refractivity contribution in [3.8, 4) is 5.69 Å². The van der Waals surface area contributed by atoms with Crippen molar-refractivity contribution in [2.75, 3.05) is 12.4 Å². The van der Waals surface area contributed by atoms with Crippen LogP contribution in [0.1, 0.15) is 26.3 Å². The Labute approximate surface area is 162 Å². The fraction of sp³-hybridized carbons (Fsp3) is 0.316. The quantitative estimate of drug-likeness (QED) is 0.551. The number of fused-ring (bicyclic) bond motifs is 1. The third kappa shape index (κ3) is 3.31. The van der Waals surface area contributed by atoms with E-state index < -0.39 is 0 Å². The summed E-state index contributed by atoms with van der Waals surface area (Å²) in [6.45, 7) is 6.88. The van der Waals surface area contributed by atoms with Crippen LogP contribution in [-0.4, -0.2) is 41.9 Å². The summed E-state index contributed by atoms with van der Waals surface area (Å²) in [5, 5.41) is 15.8. The highest BCUT2D eigenvalue weighted by atomic mass is 16.5. The molecule has 3 heterocycles. The van der Waals surface area contributed by atoms with E-state index >= 15 is 0 Å². The van der Waals surface area contributed by atoms with Gasteiger partial charge in [-0.15, -0.1) is 5.10 Å². The average molecular weight is 378 g/mol. The molecule has 0 aliphatic carbocycles. The molecule has 0 saturated carbocycles. The third-order valence-electron chi connectivity index (χ3n) is 4.72. The van der Waals surface area contributed by atoms with E-state index in [2.05, 4.69) is 30.7 Å². The average Bonchev–Trinajstić information content (AvgIpc) is 3.34. The van der Waals surface area contributed by atoms with E-state index in [4.69, 9.17) is 4.74 Å². The number of nitrogens with one attached hydrogen (secondary N) is 1. The number of methoxy groups -OCH3 is 1. The van der Waals surface area contributed by atoms with Gasteiger partial charge in [0.2, 0.25) is 5.95 Å². The summed E-state index contributed by atoms with van der Waals surface area (Å²) in [4.78, 5) is 8.89. The highest BCUT2D eigenvalue weighted by Crippen LogP contribution is 2.25. The molecule has 4 aromatic rings. The molecule has 0 aliphatic rings. The first-order chi connectivity index (χ1) is 13.5. The van der Waals surface area contributed by atoms with Crippen LogP contribution < -0.4 is 5.32 Å². The van der Waals surface area contributed by atoms with Crippen LogP contribution in [0.2, 0.25) is 0 Å². The van der Waals surface area contributed by atoms with Gasteiger partial charge in [-0.25, -0.2) is 4.98 Å². The summed E-state index contributed by atoms with van der Waals surface area (Å²) in [5.74, 6) is 0.462. The number of rotatable bonds is 6. The summed E-state index contributed by atoms with van der Waals surface area (Å²) in [5.41, 5.74) is 3.65. The van der Waals surface area contributed by atoms with E-state index in [0.717, 1.165) is 23.5 Å². The van der Waals surface area contributed by atoms with Gasteiger partial charge >= 0.3 is 0 Å². The highest BCUT2D eigenvalue weighted by molar-refractivity contribution is 5.72. The molecule has 144 valence electrons. The summed E-state index contributed by atoms with van der Waals surface area (Å²) < 4.78 is 9.06. The molecule has 1 aromatic carbocycles. The van der Waals surface area contributed by atoms with Crippen LogP contribution in [0.4, 0.5) is 11.6 Å². The zero-order chi connectivity index (χ0) is 19.7. The van der Waals surface area contributed by atoms with Gasteiger partial charge in [0.05, 0.1) is 29.4 Å². The molecule has 0 spiro atoms. The number of hydrogen-bond acceptors (Lipinski definition) is 7. The van der Waals surface area contributed by atoms with Crippen molar-refractivity contribution in [1.29, 1.82) is 0 Å². The highest BCUT2D eigenvalue weighted by Gasteiger charge is 2.19. The van der Waals surface area contributed by atoms with Gasteiger partial charge in [0.1, 0.15) is 0 Å². The lowest BCUT2D eigenvalue weighted by atomic mass is 9.98. The SMILES string of the molecule is CCn1cc(Nc2ncc3nnn(-c4ccc(C(C)(C)OC)cc4)c3n2)cn1. The lowest BCUT2D eigenvalue weighted by Crippen LogP contribution is -2.19. The lowest BCUT2D eigenvalue weighted by Gasteiger charge is -2.23. The Morgan fingerprint density at radius 3 is 2.61 bits per heavy atom. The first-order valence-electron chi connectivity index (χ1n) is 9.04. The molecule has 0 bridgehead atoms. The Hall–Kier alpha value is -3.33. The second-order valence-corrected chi connectivity index (χ2v) is 6.87. The number of aryl methyl sites for hydroxylation is 1. The predicted molar refractivity (Wildman–Crippen MR) is 106 cm³/mol. The van der Waals surface area contributed by atoms with E-state index in [1.54, 1.807) is 24.2 Å². The Morgan fingerprint density at radius 1 is 1.14 bits per heavy atom. The molecule has 0 atom stereocenters. The molecule has 0 fully saturated rings. The van der Waals surface area contributed by atoms with Crippen molar-refractivity contribution >= 4 is 22.8 Å². The van der Waals surface area contributed by atoms with Crippen LogP contribution in [0, 0.1) is 0 Å². The zero-order valence-electron chi connectivity index (χ0n) is 16.3. The molecular formula is C19H22N8O. The lowest BCUT2D eigenvalue weighted by molar-refractivity contribution is 0.0192. The van der Waals surface area contributed by atoms with Crippen LogP contribution in [0.3, 0.4) is 0 Å². The summed E-state index contributed by atoms with van der Waals surface area (Å²) in [7, 11) is 1.70. The van der Waals surface area contributed by atoms with Crippen molar-refractivity contribution in [3.05, 3.63) is 48.4 Å². The number of aromatic nitrogens is 7. The molecule has 0 unspecified atom stereocenters. The van der Waals surface area contributed by atoms with Gasteiger partial charge in [-0.3, -0.25) is 4.68 Å². The molecule has 9 nitrogen and oxygen atoms in total. The molecule has 0 radical (unpaired) electrons. The van der Waals surface area contributed by atoms with Gasteiger partial charge in [0.25, 0.3) is 0 Å². The van der Waals surface area contributed by atoms with Crippen LogP contribution >= 0.6 is 0 Å². The van der Waals surface area contributed by atoms with E-state index in [1.807, 2.05) is 55.9 Å². The number of anilines is 2. The molecule has 3 aromatic heterocycles. The van der Waals surface area contributed by atoms with Gasteiger partial charge in [-0.2, -0.15) is 14.8 Å². The minimum Gasteiger partial charge on any atom is -0.374 e. The summed E-state index contributed by atoms with van der Waals surface area (Å²) in [6.07, 6.45) is 5.29. The Morgan fingerprint density at radius 2 is 1.93 bits per heavy atom. The van der Waals surface area contributed by atoms with Crippen molar-refractivity contribution < 1.29 is 4.74 Å². The predicted octanol–water partition coefficient (Wildman–Crippen LogP) is 3.05. The van der Waals surface area contributed by atoms with E-state index in [0.29, 0.717) is 17.1 Å². The van der Waals surface area contributed by atoms with Crippen LogP contribution in [0.25, 0.3) is 16.9 Å². The number of hydrogen-bond donors (Lipinski definition) is 1. The summed E-state index contributed by atoms with van der Waals surface area (Å²) >= 11 is 0. The Balaban J connectivity index is 1.66. The van der Waals surface area contributed by atoms with E-state index in [9.17, 15) is 0 Å². The second-order valence-electron chi connectivity index (χ2n) is 6.87. The molecule has 28 heavy (non-hydrogen) atoms. The van der Waals surface area contributed by atoms with Crippen LogP contribution in [-0.2, 0) is 16.9 Å². The standard InChI is InChI=1S/C19H22N8O/c1-5-26-12-14(10-21-26)22-18-20-11-16-17(23-18)27(25-24-16)15-8-6-13(7-9-15)19(2,3)28-4/h6-12H,5H2,1-4H3,(H,20,22,23). The van der Waals surface area contributed by atoms with Crippen molar-refractivity contribution in [2.24, 2.45) is 0 Å². The fourth-order valence-corrected chi connectivity index (χ4v) is 2.81. The number of ether oxygens (including phenoxy) is 1. The Kier molecular flexibility index (Phi) is 4.52. The maximum Gasteiger partial charge on any atom is 0.229 e. The second kappa shape index (κ2) is 7.01. The van der Waals surface area contributed by atoms with Gasteiger partial charge in [-0.05, 0) is 38.5 Å². The van der Waals surface area contributed by atoms with Gasteiger partial charge in [0, 0.05) is 19.9 Å². The first-order valence-corrected chi connectivity index (χ1v) is 9.04. The van der Waals surface area contributed by atoms with E-state index in [1.165, 1.54) is 0 Å². The monoisotopic (exact) mass is 378 g/mol. The van der Waals surface area contributed by atoms with Crippen molar-refractivity contribution in [2.45, 2.75) is 32.9 Å². The summed E-state index contributed by atoms with van der Waals surface area (Å²) in [6, 6.07) is 7.99. The Bertz CT molecular complexity index is 1100. The third-order valence-corrected chi connectivity index (χ3v) is 4.72. The van der Waals surface area contributed by atoms with Crippen molar-refractivity contribution in [1.82, 2.24) is 34.7 Å².